The second kappa shape index (κ2) is 7.09. The van der Waals surface area contributed by atoms with Crippen LogP contribution in [-0.2, 0) is 16.6 Å². The van der Waals surface area contributed by atoms with Gasteiger partial charge in [-0.25, -0.2) is 4.98 Å². The standard InChI is InChI=1S/C17H28N2O2S/c1-16(2,3)15-19-13(11-22-15)10-14(20)18-12-17(21)8-6-4-5-7-9-17/h11,21H,4-10,12H2,1-3H3,(H,18,20). The Bertz CT molecular complexity index is 497. The molecule has 5 heteroatoms. The lowest BCUT2D eigenvalue weighted by molar-refractivity contribution is -0.121. The molecule has 1 amide bonds. The first-order valence-corrected chi connectivity index (χ1v) is 9.10. The summed E-state index contributed by atoms with van der Waals surface area (Å²) < 4.78 is 0. The molecule has 1 saturated carbocycles. The summed E-state index contributed by atoms with van der Waals surface area (Å²) in [5.41, 5.74) is 0.125. The number of hydrogen-bond donors (Lipinski definition) is 2. The number of aromatic nitrogens is 1. The molecule has 1 aromatic rings. The Morgan fingerprint density at radius 3 is 2.50 bits per heavy atom. The smallest absolute Gasteiger partial charge is 0.226 e. The first-order chi connectivity index (χ1) is 10.3. The molecule has 0 unspecified atom stereocenters. The maximum atomic E-state index is 12.1. The predicted octanol–water partition coefficient (Wildman–Crippen LogP) is 3.18. The Balaban J connectivity index is 1.84. The number of thiazole rings is 1. The number of aliphatic hydroxyl groups is 1. The van der Waals surface area contributed by atoms with E-state index >= 15 is 0 Å². The quantitative estimate of drug-likeness (QED) is 0.836. The normalized spacial score (nSPS) is 18.7. The Kier molecular flexibility index (Phi) is 5.61. The minimum atomic E-state index is -0.717. The van der Waals surface area contributed by atoms with Crippen molar-refractivity contribution in [2.24, 2.45) is 0 Å². The zero-order valence-corrected chi connectivity index (χ0v) is 14.8. The molecule has 2 rings (SSSR count). The molecular formula is C17H28N2O2S. The largest absolute Gasteiger partial charge is 0.388 e. The third-order valence-electron chi connectivity index (χ3n) is 4.18. The summed E-state index contributed by atoms with van der Waals surface area (Å²) in [5, 5.41) is 16.5. The van der Waals surface area contributed by atoms with Crippen LogP contribution >= 0.6 is 11.3 Å². The summed E-state index contributed by atoms with van der Waals surface area (Å²) in [7, 11) is 0. The zero-order valence-electron chi connectivity index (χ0n) is 13.9. The van der Waals surface area contributed by atoms with Crippen molar-refractivity contribution in [2.45, 2.75) is 76.7 Å². The van der Waals surface area contributed by atoms with Gasteiger partial charge >= 0.3 is 0 Å². The number of hydrogen-bond acceptors (Lipinski definition) is 4. The summed E-state index contributed by atoms with van der Waals surface area (Å²) in [6.45, 7) is 6.73. The van der Waals surface area contributed by atoms with Gasteiger partial charge in [0, 0.05) is 17.3 Å². The molecule has 4 nitrogen and oxygen atoms in total. The Hall–Kier alpha value is -0.940. The average molecular weight is 324 g/mol. The van der Waals surface area contributed by atoms with E-state index < -0.39 is 5.60 Å². The number of carbonyl (C=O) groups is 1. The SMILES string of the molecule is CC(C)(C)c1nc(CC(=O)NCC2(O)CCCCCC2)cs1. The monoisotopic (exact) mass is 324 g/mol. The van der Waals surface area contributed by atoms with Gasteiger partial charge in [-0.1, -0.05) is 46.5 Å². The topological polar surface area (TPSA) is 62.2 Å². The molecule has 0 spiro atoms. The van der Waals surface area contributed by atoms with Gasteiger partial charge in [0.25, 0.3) is 0 Å². The summed E-state index contributed by atoms with van der Waals surface area (Å²) in [4.78, 5) is 16.6. The third-order valence-corrected chi connectivity index (χ3v) is 5.50. The molecular weight excluding hydrogens is 296 g/mol. The van der Waals surface area contributed by atoms with Gasteiger partial charge in [0.15, 0.2) is 0 Å². The fourth-order valence-corrected chi connectivity index (χ4v) is 3.69. The molecule has 22 heavy (non-hydrogen) atoms. The van der Waals surface area contributed by atoms with Gasteiger partial charge in [0.05, 0.1) is 22.7 Å². The molecule has 1 aromatic heterocycles. The van der Waals surface area contributed by atoms with Crippen LogP contribution < -0.4 is 5.32 Å². The number of nitrogens with one attached hydrogen (secondary N) is 1. The van der Waals surface area contributed by atoms with Gasteiger partial charge in [0.1, 0.15) is 0 Å². The van der Waals surface area contributed by atoms with Gasteiger partial charge in [-0.3, -0.25) is 4.79 Å². The molecule has 2 N–H and O–H groups in total. The summed E-state index contributed by atoms with van der Waals surface area (Å²) in [5.74, 6) is -0.0524. The number of carbonyl (C=O) groups excluding carboxylic acids is 1. The number of amides is 1. The molecule has 1 aliphatic carbocycles. The Morgan fingerprint density at radius 2 is 1.95 bits per heavy atom. The first-order valence-electron chi connectivity index (χ1n) is 8.22. The summed E-state index contributed by atoms with van der Waals surface area (Å²) >= 11 is 1.61. The second-order valence-corrected chi connectivity index (χ2v) is 8.34. The average Bonchev–Trinajstić information content (AvgIpc) is 2.79. The second-order valence-electron chi connectivity index (χ2n) is 7.49. The van der Waals surface area contributed by atoms with E-state index in [-0.39, 0.29) is 11.3 Å². The van der Waals surface area contributed by atoms with Crippen LogP contribution in [0.2, 0.25) is 0 Å². The molecule has 0 aliphatic heterocycles. The van der Waals surface area contributed by atoms with Crippen molar-refractivity contribution in [2.75, 3.05) is 6.54 Å². The van der Waals surface area contributed by atoms with Crippen molar-refractivity contribution < 1.29 is 9.90 Å². The molecule has 0 atom stereocenters. The van der Waals surface area contributed by atoms with Crippen LogP contribution in [0.1, 0.15) is 70.0 Å². The van der Waals surface area contributed by atoms with Crippen molar-refractivity contribution in [1.82, 2.24) is 10.3 Å². The van der Waals surface area contributed by atoms with E-state index in [0.717, 1.165) is 36.4 Å². The van der Waals surface area contributed by atoms with Crippen molar-refractivity contribution >= 4 is 17.2 Å². The number of rotatable bonds is 4. The van der Waals surface area contributed by atoms with Gasteiger partial charge < -0.3 is 10.4 Å². The maximum Gasteiger partial charge on any atom is 0.226 e. The summed E-state index contributed by atoms with van der Waals surface area (Å²) in [6.07, 6.45) is 6.34. The first kappa shape index (κ1) is 17.4. The van der Waals surface area contributed by atoms with Crippen molar-refractivity contribution in [1.29, 1.82) is 0 Å². The van der Waals surface area contributed by atoms with Crippen LogP contribution in [-0.4, -0.2) is 28.1 Å². The fraction of sp³-hybridized carbons (Fsp3) is 0.765. The lowest BCUT2D eigenvalue weighted by Crippen LogP contribution is -2.43. The number of nitrogens with zero attached hydrogens (tertiary/aromatic N) is 1. The highest BCUT2D eigenvalue weighted by Crippen LogP contribution is 2.27. The van der Waals surface area contributed by atoms with Crippen molar-refractivity contribution in [3.05, 3.63) is 16.1 Å². The van der Waals surface area contributed by atoms with Crippen LogP contribution in [0, 0.1) is 0 Å². The van der Waals surface area contributed by atoms with E-state index in [0.29, 0.717) is 13.0 Å². The predicted molar refractivity (Wildman–Crippen MR) is 90.2 cm³/mol. The van der Waals surface area contributed by atoms with E-state index in [4.69, 9.17) is 0 Å². The van der Waals surface area contributed by atoms with Gasteiger partial charge in [-0.05, 0) is 12.8 Å². The van der Waals surface area contributed by atoms with Gasteiger partial charge in [0.2, 0.25) is 5.91 Å². The van der Waals surface area contributed by atoms with Crippen LogP contribution in [0.5, 0.6) is 0 Å². The molecule has 0 aromatic carbocycles. The minimum Gasteiger partial charge on any atom is -0.388 e. The third kappa shape index (κ3) is 5.06. The lowest BCUT2D eigenvalue weighted by Gasteiger charge is -2.26. The van der Waals surface area contributed by atoms with E-state index in [1.807, 2.05) is 5.38 Å². The van der Waals surface area contributed by atoms with E-state index in [1.165, 1.54) is 12.8 Å². The summed E-state index contributed by atoms with van der Waals surface area (Å²) in [6, 6.07) is 0. The van der Waals surface area contributed by atoms with Crippen LogP contribution in [0.3, 0.4) is 0 Å². The molecule has 1 heterocycles. The minimum absolute atomic E-state index is 0.0227. The molecule has 124 valence electrons. The lowest BCUT2D eigenvalue weighted by atomic mass is 9.94. The Morgan fingerprint density at radius 1 is 1.32 bits per heavy atom. The molecule has 1 aliphatic rings. The molecule has 0 bridgehead atoms. The zero-order chi connectivity index (χ0) is 16.2. The van der Waals surface area contributed by atoms with Crippen molar-refractivity contribution in [3.63, 3.8) is 0 Å². The molecule has 1 fully saturated rings. The van der Waals surface area contributed by atoms with E-state index in [9.17, 15) is 9.90 Å². The van der Waals surface area contributed by atoms with Crippen molar-refractivity contribution in [3.8, 4) is 0 Å². The van der Waals surface area contributed by atoms with E-state index in [1.54, 1.807) is 11.3 Å². The van der Waals surface area contributed by atoms with Crippen LogP contribution in [0.4, 0.5) is 0 Å². The van der Waals surface area contributed by atoms with Crippen LogP contribution in [0.25, 0.3) is 0 Å². The fourth-order valence-electron chi connectivity index (χ4n) is 2.79. The highest BCUT2D eigenvalue weighted by atomic mass is 32.1. The Labute approximate surface area is 137 Å². The molecule has 0 saturated heterocycles. The highest BCUT2D eigenvalue weighted by molar-refractivity contribution is 7.09. The van der Waals surface area contributed by atoms with E-state index in [2.05, 4.69) is 31.1 Å². The highest BCUT2D eigenvalue weighted by Gasteiger charge is 2.28. The van der Waals surface area contributed by atoms with Gasteiger partial charge in [-0.2, -0.15) is 0 Å². The maximum absolute atomic E-state index is 12.1. The van der Waals surface area contributed by atoms with Crippen LogP contribution in [0.15, 0.2) is 5.38 Å². The van der Waals surface area contributed by atoms with Gasteiger partial charge in [-0.15, -0.1) is 11.3 Å². The molecule has 0 radical (unpaired) electrons.